The van der Waals surface area contributed by atoms with Gasteiger partial charge in [-0.25, -0.2) is 4.79 Å². The summed E-state index contributed by atoms with van der Waals surface area (Å²) in [6, 6.07) is 9.17. The molecule has 1 saturated heterocycles. The van der Waals surface area contributed by atoms with Gasteiger partial charge >= 0.3 is 6.03 Å². The molecule has 1 aliphatic heterocycles. The molecule has 3 rings (SSSR count). The van der Waals surface area contributed by atoms with E-state index in [-0.39, 0.29) is 12.1 Å². The van der Waals surface area contributed by atoms with Crippen molar-refractivity contribution in [2.45, 2.75) is 18.9 Å². The molecule has 5 heteroatoms. The maximum Gasteiger partial charge on any atom is 0.321 e. The lowest BCUT2D eigenvalue weighted by Crippen LogP contribution is -2.36. The second-order valence-electron chi connectivity index (χ2n) is 5.69. The van der Waals surface area contributed by atoms with Gasteiger partial charge in [-0.1, -0.05) is 6.07 Å². The summed E-state index contributed by atoms with van der Waals surface area (Å²) in [5.41, 5.74) is 7.29. The first kappa shape index (κ1) is 12.9. The highest BCUT2D eigenvalue weighted by atomic mass is 16.2. The lowest BCUT2D eigenvalue weighted by atomic mass is 9.98. The molecule has 0 aromatic heterocycles. The van der Waals surface area contributed by atoms with Crippen LogP contribution in [0.4, 0.5) is 10.5 Å². The normalized spacial score (nSPS) is 28.0. The van der Waals surface area contributed by atoms with Crippen LogP contribution in [0.15, 0.2) is 24.3 Å². The lowest BCUT2D eigenvalue weighted by molar-refractivity contribution is 0.218. The quantitative estimate of drug-likeness (QED) is 0.815. The van der Waals surface area contributed by atoms with Crippen LogP contribution < -0.4 is 11.1 Å². The van der Waals surface area contributed by atoms with Crippen molar-refractivity contribution in [3.05, 3.63) is 29.8 Å². The van der Waals surface area contributed by atoms with Gasteiger partial charge in [-0.15, -0.1) is 0 Å². The number of rotatable bonds is 1. The number of urea groups is 1. The molecular formula is C15H18N4O. The van der Waals surface area contributed by atoms with Gasteiger partial charge in [-0.05, 0) is 42.9 Å². The molecule has 3 atom stereocenters. The van der Waals surface area contributed by atoms with Crippen molar-refractivity contribution in [1.29, 1.82) is 5.26 Å². The molecular weight excluding hydrogens is 252 g/mol. The molecule has 0 spiro atoms. The zero-order chi connectivity index (χ0) is 14.1. The van der Waals surface area contributed by atoms with Gasteiger partial charge in [0.2, 0.25) is 0 Å². The van der Waals surface area contributed by atoms with Gasteiger partial charge < -0.3 is 16.0 Å². The SMILES string of the molecule is N#Cc1cccc(NC(=O)N2CC3CCC(N)C3C2)c1. The highest BCUT2D eigenvalue weighted by Gasteiger charge is 2.42. The van der Waals surface area contributed by atoms with Crippen molar-refractivity contribution < 1.29 is 4.79 Å². The molecule has 1 aliphatic carbocycles. The number of nitrogens with two attached hydrogens (primary N) is 1. The first-order valence-corrected chi connectivity index (χ1v) is 6.99. The summed E-state index contributed by atoms with van der Waals surface area (Å²) in [6.07, 6.45) is 2.20. The fraction of sp³-hybridized carbons (Fsp3) is 0.467. The van der Waals surface area contributed by atoms with Crippen molar-refractivity contribution in [1.82, 2.24) is 4.90 Å². The second kappa shape index (κ2) is 5.14. The molecule has 3 unspecified atom stereocenters. The number of nitrogens with zero attached hydrogens (tertiary/aromatic N) is 2. The molecule has 1 saturated carbocycles. The third-order valence-electron chi connectivity index (χ3n) is 4.44. The lowest BCUT2D eigenvalue weighted by Gasteiger charge is -2.19. The van der Waals surface area contributed by atoms with E-state index in [9.17, 15) is 4.79 Å². The first-order valence-electron chi connectivity index (χ1n) is 6.99. The minimum Gasteiger partial charge on any atom is -0.327 e. The molecule has 1 aromatic carbocycles. The number of nitriles is 1. The van der Waals surface area contributed by atoms with E-state index >= 15 is 0 Å². The molecule has 3 N–H and O–H groups in total. The van der Waals surface area contributed by atoms with E-state index in [1.165, 1.54) is 0 Å². The molecule has 0 radical (unpaired) electrons. The number of carbonyl (C=O) groups is 1. The molecule has 20 heavy (non-hydrogen) atoms. The molecule has 0 bridgehead atoms. The summed E-state index contributed by atoms with van der Waals surface area (Å²) in [5.74, 6) is 1.01. The van der Waals surface area contributed by atoms with Crippen LogP contribution in [-0.4, -0.2) is 30.1 Å². The Morgan fingerprint density at radius 1 is 1.40 bits per heavy atom. The Morgan fingerprint density at radius 3 is 3.00 bits per heavy atom. The van der Waals surface area contributed by atoms with Crippen molar-refractivity contribution in [3.63, 3.8) is 0 Å². The fourth-order valence-corrected chi connectivity index (χ4v) is 3.34. The first-order chi connectivity index (χ1) is 9.67. The topological polar surface area (TPSA) is 82.2 Å². The minimum atomic E-state index is -0.0957. The molecule has 5 nitrogen and oxygen atoms in total. The predicted molar refractivity (Wildman–Crippen MR) is 75.9 cm³/mol. The van der Waals surface area contributed by atoms with E-state index in [0.717, 1.165) is 25.9 Å². The standard InChI is InChI=1S/C15H18N4O/c16-7-10-2-1-3-12(6-10)18-15(20)19-8-11-4-5-14(17)13(11)9-19/h1-3,6,11,13-14H,4-5,8-9,17H2,(H,18,20). The number of benzene rings is 1. The average Bonchev–Trinajstić information content (AvgIpc) is 3.02. The van der Waals surface area contributed by atoms with Crippen molar-refractivity contribution in [3.8, 4) is 6.07 Å². The van der Waals surface area contributed by atoms with Crippen LogP contribution in [0, 0.1) is 23.2 Å². The monoisotopic (exact) mass is 270 g/mol. The van der Waals surface area contributed by atoms with E-state index in [4.69, 9.17) is 11.0 Å². The average molecular weight is 270 g/mol. The van der Waals surface area contributed by atoms with Crippen LogP contribution in [0.2, 0.25) is 0 Å². The number of hydrogen-bond acceptors (Lipinski definition) is 3. The second-order valence-corrected chi connectivity index (χ2v) is 5.69. The number of amides is 2. The third kappa shape index (κ3) is 2.35. The molecule has 104 valence electrons. The number of fused-ring (bicyclic) bond motifs is 1. The number of nitrogens with one attached hydrogen (secondary N) is 1. The maximum atomic E-state index is 12.2. The summed E-state index contributed by atoms with van der Waals surface area (Å²) in [5, 5.41) is 11.7. The van der Waals surface area contributed by atoms with Crippen LogP contribution in [0.5, 0.6) is 0 Å². The van der Waals surface area contributed by atoms with Crippen LogP contribution in [-0.2, 0) is 0 Å². The smallest absolute Gasteiger partial charge is 0.321 e. The zero-order valence-corrected chi connectivity index (χ0v) is 11.2. The van der Waals surface area contributed by atoms with Crippen molar-refractivity contribution in [2.24, 2.45) is 17.6 Å². The predicted octanol–water partition coefficient (Wildman–Crippen LogP) is 1.76. The van der Waals surface area contributed by atoms with E-state index < -0.39 is 0 Å². The number of carbonyl (C=O) groups excluding carboxylic acids is 1. The zero-order valence-electron chi connectivity index (χ0n) is 11.2. The Morgan fingerprint density at radius 2 is 2.25 bits per heavy atom. The minimum absolute atomic E-state index is 0.0957. The number of hydrogen-bond donors (Lipinski definition) is 2. The van der Waals surface area contributed by atoms with Gasteiger partial charge in [0.25, 0.3) is 0 Å². The molecule has 2 amide bonds. The van der Waals surface area contributed by atoms with Gasteiger partial charge in [-0.2, -0.15) is 5.26 Å². The van der Waals surface area contributed by atoms with Crippen LogP contribution in [0.25, 0.3) is 0 Å². The number of likely N-dealkylation sites (tertiary alicyclic amines) is 1. The van der Waals surface area contributed by atoms with Crippen molar-refractivity contribution >= 4 is 11.7 Å². The van der Waals surface area contributed by atoms with E-state index in [2.05, 4.69) is 11.4 Å². The van der Waals surface area contributed by atoms with E-state index in [1.54, 1.807) is 24.3 Å². The molecule has 1 heterocycles. The molecule has 2 fully saturated rings. The van der Waals surface area contributed by atoms with Crippen LogP contribution >= 0.6 is 0 Å². The van der Waals surface area contributed by atoms with Crippen LogP contribution in [0.1, 0.15) is 18.4 Å². The molecule has 2 aliphatic rings. The van der Waals surface area contributed by atoms with Crippen LogP contribution in [0.3, 0.4) is 0 Å². The van der Waals surface area contributed by atoms with E-state index in [0.29, 0.717) is 23.1 Å². The summed E-state index contributed by atoms with van der Waals surface area (Å²) in [6.45, 7) is 1.54. The largest absolute Gasteiger partial charge is 0.327 e. The Kier molecular flexibility index (Phi) is 3.33. The molecule has 1 aromatic rings. The Bertz CT molecular complexity index is 565. The maximum absolute atomic E-state index is 12.2. The van der Waals surface area contributed by atoms with Gasteiger partial charge in [0, 0.05) is 24.8 Å². The summed E-state index contributed by atoms with van der Waals surface area (Å²) in [7, 11) is 0. The Labute approximate surface area is 118 Å². The third-order valence-corrected chi connectivity index (χ3v) is 4.44. The fourth-order valence-electron chi connectivity index (χ4n) is 3.34. The Hall–Kier alpha value is -2.06. The van der Waals surface area contributed by atoms with Gasteiger partial charge in [0.05, 0.1) is 11.6 Å². The van der Waals surface area contributed by atoms with Gasteiger partial charge in [0.1, 0.15) is 0 Å². The summed E-state index contributed by atoms with van der Waals surface area (Å²) in [4.78, 5) is 14.1. The Balaban J connectivity index is 1.64. The number of anilines is 1. The van der Waals surface area contributed by atoms with Crippen molar-refractivity contribution in [2.75, 3.05) is 18.4 Å². The summed E-state index contributed by atoms with van der Waals surface area (Å²) >= 11 is 0. The van der Waals surface area contributed by atoms with Gasteiger partial charge in [0.15, 0.2) is 0 Å². The highest BCUT2D eigenvalue weighted by molar-refractivity contribution is 5.89. The van der Waals surface area contributed by atoms with Gasteiger partial charge in [-0.3, -0.25) is 0 Å². The van der Waals surface area contributed by atoms with E-state index in [1.807, 2.05) is 4.90 Å². The summed E-state index contributed by atoms with van der Waals surface area (Å²) < 4.78 is 0. The highest BCUT2D eigenvalue weighted by Crippen LogP contribution is 2.37.